The largest absolute Gasteiger partial charge is 0.481 e. The van der Waals surface area contributed by atoms with Crippen LogP contribution >= 0.6 is 23.2 Å². The minimum absolute atomic E-state index is 0.460. The number of rotatable bonds is 3. The van der Waals surface area contributed by atoms with Gasteiger partial charge in [-0.1, -0.05) is 29.3 Å². The Morgan fingerprint density at radius 2 is 1.94 bits per heavy atom. The number of carboxylic acid groups (broad SMARTS) is 1. The molecule has 0 atom stereocenters. The van der Waals surface area contributed by atoms with Crippen LogP contribution in [-0.4, -0.2) is 24.3 Å². The van der Waals surface area contributed by atoms with E-state index in [1.54, 1.807) is 12.1 Å². The van der Waals surface area contributed by atoms with Crippen molar-refractivity contribution in [1.82, 2.24) is 0 Å². The maximum Gasteiger partial charge on any atom is 0.310 e. The van der Waals surface area contributed by atoms with Crippen LogP contribution in [0.4, 0.5) is 0 Å². The molecule has 0 unspecified atom stereocenters. The van der Waals surface area contributed by atoms with E-state index in [0.29, 0.717) is 42.5 Å². The number of ether oxygens (including phenoxy) is 1. The van der Waals surface area contributed by atoms with Crippen molar-refractivity contribution in [2.24, 2.45) is 5.41 Å². The highest BCUT2D eigenvalue weighted by Crippen LogP contribution is 2.36. The van der Waals surface area contributed by atoms with E-state index in [1.807, 2.05) is 6.07 Å². The molecule has 1 aromatic rings. The molecule has 5 heteroatoms. The van der Waals surface area contributed by atoms with Crippen molar-refractivity contribution in [2.75, 3.05) is 13.2 Å². The third-order valence-electron chi connectivity index (χ3n) is 3.43. The van der Waals surface area contributed by atoms with E-state index in [2.05, 4.69) is 0 Å². The van der Waals surface area contributed by atoms with Crippen molar-refractivity contribution in [3.63, 3.8) is 0 Å². The lowest BCUT2D eigenvalue weighted by molar-refractivity contribution is -0.154. The first-order valence-electron chi connectivity index (χ1n) is 5.79. The second-order valence-electron chi connectivity index (χ2n) is 4.62. The van der Waals surface area contributed by atoms with Gasteiger partial charge >= 0.3 is 5.97 Å². The molecule has 0 saturated carbocycles. The predicted octanol–water partition coefficient (Wildman–Crippen LogP) is 3.42. The molecule has 1 fully saturated rings. The van der Waals surface area contributed by atoms with Crippen LogP contribution in [-0.2, 0) is 16.0 Å². The highest BCUT2D eigenvalue weighted by Gasteiger charge is 2.40. The Bertz CT molecular complexity index is 454. The number of halogens is 2. The van der Waals surface area contributed by atoms with Crippen molar-refractivity contribution in [1.29, 1.82) is 0 Å². The van der Waals surface area contributed by atoms with E-state index in [0.717, 1.165) is 5.56 Å². The van der Waals surface area contributed by atoms with Crippen LogP contribution in [0.25, 0.3) is 0 Å². The minimum atomic E-state index is -0.767. The van der Waals surface area contributed by atoms with Crippen molar-refractivity contribution in [3.8, 4) is 0 Å². The molecule has 0 bridgehead atoms. The average molecular weight is 289 g/mol. The summed E-state index contributed by atoms with van der Waals surface area (Å²) in [7, 11) is 0. The molecule has 1 aliphatic heterocycles. The summed E-state index contributed by atoms with van der Waals surface area (Å²) >= 11 is 11.8. The summed E-state index contributed by atoms with van der Waals surface area (Å²) < 4.78 is 5.24. The minimum Gasteiger partial charge on any atom is -0.481 e. The van der Waals surface area contributed by atoms with Crippen LogP contribution in [0.1, 0.15) is 18.4 Å². The zero-order chi connectivity index (χ0) is 13.2. The van der Waals surface area contributed by atoms with Gasteiger partial charge in [0.15, 0.2) is 0 Å². The molecule has 1 N–H and O–H groups in total. The fraction of sp³-hybridized carbons (Fsp3) is 0.462. The topological polar surface area (TPSA) is 46.5 Å². The zero-order valence-corrected chi connectivity index (χ0v) is 11.3. The van der Waals surface area contributed by atoms with Gasteiger partial charge in [-0.2, -0.15) is 0 Å². The molecule has 3 nitrogen and oxygen atoms in total. The first-order valence-corrected chi connectivity index (χ1v) is 6.54. The van der Waals surface area contributed by atoms with Gasteiger partial charge in [0.25, 0.3) is 0 Å². The summed E-state index contributed by atoms with van der Waals surface area (Å²) in [5.74, 6) is -0.767. The molecule has 2 rings (SSSR count). The lowest BCUT2D eigenvalue weighted by Crippen LogP contribution is -2.39. The van der Waals surface area contributed by atoms with E-state index in [-0.39, 0.29) is 0 Å². The summed E-state index contributed by atoms with van der Waals surface area (Å²) in [6, 6.07) is 5.27. The van der Waals surface area contributed by atoms with E-state index < -0.39 is 11.4 Å². The number of hydrogen-bond acceptors (Lipinski definition) is 2. The Labute approximate surface area is 116 Å². The molecule has 1 saturated heterocycles. The third-order valence-corrected chi connectivity index (χ3v) is 4.17. The van der Waals surface area contributed by atoms with Crippen LogP contribution < -0.4 is 0 Å². The molecule has 98 valence electrons. The molecule has 1 aliphatic rings. The van der Waals surface area contributed by atoms with Gasteiger partial charge in [0.05, 0.1) is 15.5 Å². The van der Waals surface area contributed by atoms with Crippen molar-refractivity contribution in [2.45, 2.75) is 19.3 Å². The lowest BCUT2D eigenvalue weighted by atomic mass is 9.75. The molecular weight excluding hydrogens is 275 g/mol. The van der Waals surface area contributed by atoms with Gasteiger partial charge in [0.2, 0.25) is 0 Å². The highest BCUT2D eigenvalue weighted by molar-refractivity contribution is 6.42. The predicted molar refractivity (Wildman–Crippen MR) is 70.3 cm³/mol. The summed E-state index contributed by atoms with van der Waals surface area (Å²) in [6.45, 7) is 0.987. The van der Waals surface area contributed by atoms with Crippen LogP contribution in [0.3, 0.4) is 0 Å². The SMILES string of the molecule is O=C(O)C1(Cc2ccc(Cl)c(Cl)c2)CCOCC1. The second kappa shape index (κ2) is 5.47. The number of carboxylic acids is 1. The van der Waals surface area contributed by atoms with Gasteiger partial charge in [0, 0.05) is 13.2 Å². The Balaban J connectivity index is 2.23. The second-order valence-corrected chi connectivity index (χ2v) is 5.44. The first kappa shape index (κ1) is 13.7. The van der Waals surface area contributed by atoms with Gasteiger partial charge < -0.3 is 9.84 Å². The monoisotopic (exact) mass is 288 g/mol. The molecule has 1 heterocycles. The van der Waals surface area contributed by atoms with Crippen LogP contribution in [0.5, 0.6) is 0 Å². The Morgan fingerprint density at radius 1 is 1.28 bits per heavy atom. The summed E-state index contributed by atoms with van der Waals surface area (Å²) in [5, 5.41) is 10.4. The fourth-order valence-electron chi connectivity index (χ4n) is 2.27. The molecule has 1 aromatic carbocycles. The smallest absolute Gasteiger partial charge is 0.310 e. The Hall–Kier alpha value is -0.770. The number of aliphatic carboxylic acids is 1. The summed E-state index contributed by atoms with van der Waals surface area (Å²) in [5.41, 5.74) is 0.156. The number of benzene rings is 1. The maximum absolute atomic E-state index is 11.5. The molecule has 0 aliphatic carbocycles. The number of hydrogen-bond donors (Lipinski definition) is 1. The molecule has 0 spiro atoms. The van der Waals surface area contributed by atoms with Gasteiger partial charge in [-0.3, -0.25) is 4.79 Å². The standard InChI is InChI=1S/C13H14Cl2O3/c14-10-2-1-9(7-11(10)15)8-13(12(16)17)3-5-18-6-4-13/h1-2,7H,3-6,8H2,(H,16,17). The average Bonchev–Trinajstić information content (AvgIpc) is 2.35. The van der Waals surface area contributed by atoms with E-state index in [9.17, 15) is 9.90 Å². The third kappa shape index (κ3) is 2.79. The maximum atomic E-state index is 11.5. The van der Waals surface area contributed by atoms with Crippen molar-refractivity contribution < 1.29 is 14.6 Å². The normalized spacial score (nSPS) is 18.6. The molecule has 0 radical (unpaired) electrons. The summed E-state index contributed by atoms with van der Waals surface area (Å²) in [6.07, 6.45) is 1.52. The Kier molecular flexibility index (Phi) is 4.15. The van der Waals surface area contributed by atoms with Gasteiger partial charge in [0.1, 0.15) is 0 Å². The molecule has 18 heavy (non-hydrogen) atoms. The zero-order valence-electron chi connectivity index (χ0n) is 9.79. The van der Waals surface area contributed by atoms with Crippen LogP contribution in [0.15, 0.2) is 18.2 Å². The van der Waals surface area contributed by atoms with Crippen LogP contribution in [0.2, 0.25) is 10.0 Å². The van der Waals surface area contributed by atoms with Gasteiger partial charge in [-0.05, 0) is 37.0 Å². The number of carbonyl (C=O) groups is 1. The van der Waals surface area contributed by atoms with Crippen molar-refractivity contribution in [3.05, 3.63) is 33.8 Å². The molecule has 0 aromatic heterocycles. The summed E-state index contributed by atoms with van der Waals surface area (Å²) in [4.78, 5) is 11.5. The molecular formula is C13H14Cl2O3. The Morgan fingerprint density at radius 3 is 2.50 bits per heavy atom. The van der Waals surface area contributed by atoms with Gasteiger partial charge in [-0.25, -0.2) is 0 Å². The van der Waals surface area contributed by atoms with Crippen LogP contribution in [0, 0.1) is 5.41 Å². The highest BCUT2D eigenvalue weighted by atomic mass is 35.5. The van der Waals surface area contributed by atoms with E-state index in [4.69, 9.17) is 27.9 Å². The van der Waals surface area contributed by atoms with E-state index >= 15 is 0 Å². The first-order chi connectivity index (χ1) is 8.53. The molecule has 0 amide bonds. The quantitative estimate of drug-likeness (QED) is 0.927. The van der Waals surface area contributed by atoms with Gasteiger partial charge in [-0.15, -0.1) is 0 Å². The van der Waals surface area contributed by atoms with Crippen molar-refractivity contribution >= 4 is 29.2 Å². The lowest BCUT2D eigenvalue weighted by Gasteiger charge is -2.33. The van der Waals surface area contributed by atoms with E-state index in [1.165, 1.54) is 0 Å². The fourth-order valence-corrected chi connectivity index (χ4v) is 2.59.